The number of aromatic hydroxyl groups is 2. The van der Waals surface area contributed by atoms with Gasteiger partial charge in [0.25, 0.3) is 0 Å². The lowest BCUT2D eigenvalue weighted by Gasteiger charge is -2.36. The van der Waals surface area contributed by atoms with E-state index in [0.717, 1.165) is 12.7 Å². The molecule has 2 heterocycles. The number of nitrogens with two attached hydrogens (primary N) is 1. The molecule has 0 bridgehead atoms. The molecule has 0 saturated carbocycles. The summed E-state index contributed by atoms with van der Waals surface area (Å²) in [5.74, 6) is -0.672. The molecule has 0 unspecified atom stereocenters. The number of carboxylic acids is 1. The molecule has 11 nitrogen and oxygen atoms in total. The quantitative estimate of drug-likeness (QED) is 0.0706. The fourth-order valence-corrected chi connectivity index (χ4v) is 10.0. The van der Waals surface area contributed by atoms with E-state index in [9.17, 15) is 29.7 Å². The Balaban J connectivity index is 1.16. The first-order valence-electron chi connectivity index (χ1n) is 14.8. The lowest BCUT2D eigenvalue weighted by molar-refractivity contribution is -0.138. The predicted molar refractivity (Wildman–Crippen MR) is 216 cm³/mol. The molecule has 5 aromatic carbocycles. The summed E-state index contributed by atoms with van der Waals surface area (Å²) in [4.78, 5) is 38.3. The zero-order valence-electron chi connectivity index (χ0n) is 25.6. The first-order valence-corrected chi connectivity index (χ1v) is 19.1. The number of phenols is 2. The van der Waals surface area contributed by atoms with E-state index in [1.54, 1.807) is 36.4 Å². The SMILES string of the molecule is N[C@H](Cc1cc(I)c(Oc2cc(I)c(OC(=O)c3ccc4c(c3)C(=O)OC43c4ccc(O)cc4Oc4cc(O)ccc43)c(I)c2)c(I)c1)C(=O)O. The van der Waals surface area contributed by atoms with Crippen molar-refractivity contribution >= 4 is 108 Å². The molecule has 15 heteroatoms. The Kier molecular flexibility index (Phi) is 9.77. The van der Waals surface area contributed by atoms with Gasteiger partial charge in [0.1, 0.15) is 34.8 Å². The van der Waals surface area contributed by atoms with E-state index < -0.39 is 29.6 Å². The third-order valence-electron chi connectivity index (χ3n) is 8.23. The Hall–Kier alpha value is -3.41. The number of carboxylic acid groups (broad SMARTS) is 1. The molecule has 0 aliphatic carbocycles. The predicted octanol–water partition coefficient (Wildman–Crippen LogP) is 8.05. The number of ether oxygens (including phenoxy) is 4. The standard InChI is InChI=1S/C36H21I4NO10/c37-24-7-15(9-28(41)33(44)45)8-25(38)31(24)48-19-13-26(39)32(27(40)14-19)50-34(46)16-1-4-21-20(10-16)35(47)51-36(21)22-5-2-17(42)11-29(22)49-30-12-18(43)3-6-23(30)36/h1-8,10-14,28,42-43H,9,41H2,(H,44,45)/t28-/m1/s1. The Bertz CT molecular complexity index is 2230. The molecule has 2 aliphatic rings. The Morgan fingerprint density at radius 2 is 1.31 bits per heavy atom. The minimum Gasteiger partial charge on any atom is -0.508 e. The summed E-state index contributed by atoms with van der Waals surface area (Å²) in [6, 6.07) is 19.7. The minimum atomic E-state index is -1.46. The van der Waals surface area contributed by atoms with Crippen LogP contribution in [0.1, 0.15) is 43.0 Å². The maximum absolute atomic E-state index is 13.5. The van der Waals surface area contributed by atoms with Gasteiger partial charge in [0.15, 0.2) is 17.1 Å². The van der Waals surface area contributed by atoms with Crippen molar-refractivity contribution in [2.45, 2.75) is 18.1 Å². The van der Waals surface area contributed by atoms with Crippen molar-refractivity contribution in [3.05, 3.63) is 127 Å². The molecular weight excluding hydrogens is 1110 g/mol. The van der Waals surface area contributed by atoms with Crippen LogP contribution in [0, 0.1) is 14.3 Å². The lowest BCUT2D eigenvalue weighted by Crippen LogP contribution is -2.32. The number of benzene rings is 5. The Morgan fingerprint density at radius 3 is 1.88 bits per heavy atom. The molecule has 0 saturated heterocycles. The van der Waals surface area contributed by atoms with Gasteiger partial charge < -0.3 is 40.0 Å². The van der Waals surface area contributed by atoms with Gasteiger partial charge in [0.2, 0.25) is 0 Å². The molecule has 1 atom stereocenters. The summed E-state index contributed by atoms with van der Waals surface area (Å²) in [5, 5.41) is 29.5. The largest absolute Gasteiger partial charge is 0.508 e. The number of carbonyl (C=O) groups is 3. The second-order valence-electron chi connectivity index (χ2n) is 11.5. The van der Waals surface area contributed by atoms with E-state index in [2.05, 4.69) is 90.4 Å². The number of rotatable bonds is 7. The molecule has 0 amide bonds. The minimum absolute atomic E-state index is 0.0576. The van der Waals surface area contributed by atoms with Gasteiger partial charge in [0.05, 0.1) is 25.4 Å². The number of carbonyl (C=O) groups excluding carboxylic acids is 2. The van der Waals surface area contributed by atoms with Crippen LogP contribution in [0.15, 0.2) is 78.9 Å². The average Bonchev–Trinajstić information content (AvgIpc) is 3.35. The van der Waals surface area contributed by atoms with Crippen molar-refractivity contribution < 1.29 is 48.7 Å². The van der Waals surface area contributed by atoms with E-state index in [1.165, 1.54) is 30.3 Å². The summed E-state index contributed by atoms with van der Waals surface area (Å²) < 4.78 is 26.9. The summed E-state index contributed by atoms with van der Waals surface area (Å²) in [5.41, 5.74) is 6.69. The summed E-state index contributed by atoms with van der Waals surface area (Å²) in [7, 11) is 0. The summed E-state index contributed by atoms with van der Waals surface area (Å²) in [6.45, 7) is 0. The fourth-order valence-electron chi connectivity index (χ4n) is 5.96. The summed E-state index contributed by atoms with van der Waals surface area (Å²) >= 11 is 8.37. The Morgan fingerprint density at radius 1 is 0.765 bits per heavy atom. The van der Waals surface area contributed by atoms with Gasteiger partial charge in [-0.15, -0.1) is 0 Å². The molecular formula is C36H21I4NO10. The second kappa shape index (κ2) is 13.9. The molecule has 5 aromatic rings. The molecule has 0 aromatic heterocycles. The fraction of sp³-hybridized carbons (Fsp3) is 0.0833. The van der Waals surface area contributed by atoms with E-state index in [0.29, 0.717) is 41.1 Å². The molecule has 51 heavy (non-hydrogen) atoms. The highest BCUT2D eigenvalue weighted by Crippen LogP contribution is 2.57. The van der Waals surface area contributed by atoms with Crippen LogP contribution in [-0.2, 0) is 21.6 Å². The van der Waals surface area contributed by atoms with Crippen LogP contribution < -0.4 is 19.9 Å². The third-order valence-corrected chi connectivity index (χ3v) is 11.4. The lowest BCUT2D eigenvalue weighted by atomic mass is 9.77. The zero-order valence-corrected chi connectivity index (χ0v) is 34.2. The molecule has 2 aliphatic heterocycles. The van der Waals surface area contributed by atoms with Crippen molar-refractivity contribution in [1.82, 2.24) is 0 Å². The van der Waals surface area contributed by atoms with Gasteiger partial charge in [-0.05, 0) is 163 Å². The van der Waals surface area contributed by atoms with E-state index in [4.69, 9.17) is 24.7 Å². The molecule has 0 radical (unpaired) electrons. The molecule has 7 rings (SSSR count). The Labute approximate surface area is 344 Å². The van der Waals surface area contributed by atoms with Crippen LogP contribution in [0.2, 0.25) is 0 Å². The molecule has 0 fully saturated rings. The first kappa shape index (κ1) is 36.0. The molecule has 1 spiro atoms. The van der Waals surface area contributed by atoms with Crippen molar-refractivity contribution in [3.8, 4) is 40.2 Å². The average molecular weight is 1140 g/mol. The number of esters is 2. The topological polar surface area (TPSA) is 175 Å². The highest BCUT2D eigenvalue weighted by atomic mass is 127. The number of aliphatic carboxylic acids is 1. The van der Waals surface area contributed by atoms with Gasteiger partial charge in [-0.3, -0.25) is 4.79 Å². The number of phenolic OH excluding ortho intramolecular Hbond substituents is 2. The highest BCUT2D eigenvalue weighted by Gasteiger charge is 2.53. The zero-order chi connectivity index (χ0) is 36.4. The molecule has 5 N–H and O–H groups in total. The van der Waals surface area contributed by atoms with Gasteiger partial charge in [-0.1, -0.05) is 6.07 Å². The number of hydrogen-bond donors (Lipinski definition) is 4. The van der Waals surface area contributed by atoms with Crippen LogP contribution >= 0.6 is 90.4 Å². The summed E-state index contributed by atoms with van der Waals surface area (Å²) in [6.07, 6.45) is 0.178. The maximum atomic E-state index is 13.5. The van der Waals surface area contributed by atoms with Crippen molar-refractivity contribution in [2.24, 2.45) is 5.73 Å². The van der Waals surface area contributed by atoms with Gasteiger partial charge in [-0.2, -0.15) is 0 Å². The van der Waals surface area contributed by atoms with Crippen LogP contribution in [0.3, 0.4) is 0 Å². The first-order chi connectivity index (χ1) is 24.2. The van der Waals surface area contributed by atoms with Crippen molar-refractivity contribution in [3.63, 3.8) is 0 Å². The normalized spacial score (nSPS) is 14.1. The number of hydrogen-bond acceptors (Lipinski definition) is 10. The monoisotopic (exact) mass is 1130 g/mol. The van der Waals surface area contributed by atoms with Gasteiger partial charge in [0, 0.05) is 28.8 Å². The van der Waals surface area contributed by atoms with Crippen LogP contribution in [0.4, 0.5) is 0 Å². The van der Waals surface area contributed by atoms with Crippen LogP contribution in [-0.4, -0.2) is 39.3 Å². The van der Waals surface area contributed by atoms with Crippen LogP contribution in [0.25, 0.3) is 0 Å². The van der Waals surface area contributed by atoms with Gasteiger partial charge in [-0.25, -0.2) is 9.59 Å². The van der Waals surface area contributed by atoms with Crippen molar-refractivity contribution in [2.75, 3.05) is 0 Å². The smallest absolute Gasteiger partial charge is 0.343 e. The van der Waals surface area contributed by atoms with Crippen molar-refractivity contribution in [1.29, 1.82) is 0 Å². The van der Waals surface area contributed by atoms with Gasteiger partial charge >= 0.3 is 17.9 Å². The van der Waals surface area contributed by atoms with Crippen LogP contribution in [0.5, 0.6) is 40.2 Å². The third kappa shape index (κ3) is 6.59. The number of halogens is 4. The van der Waals surface area contributed by atoms with E-state index in [1.807, 2.05) is 12.1 Å². The molecule has 258 valence electrons. The number of fused-ring (bicyclic) bond motifs is 6. The highest BCUT2D eigenvalue weighted by molar-refractivity contribution is 14.1. The van der Waals surface area contributed by atoms with E-state index >= 15 is 0 Å². The van der Waals surface area contributed by atoms with E-state index in [-0.39, 0.29) is 40.5 Å². The second-order valence-corrected chi connectivity index (χ2v) is 16.2. The maximum Gasteiger partial charge on any atom is 0.343 e.